The molecule has 2 amide bonds. The Hall–Kier alpha value is -1.88. The van der Waals surface area contributed by atoms with Gasteiger partial charge in [0.25, 0.3) is 11.8 Å². The zero-order valence-electron chi connectivity index (χ0n) is 18.7. The maximum Gasteiger partial charge on any atom is 1.00 e. The fraction of sp³-hybridized carbons (Fsp3) is 0.263. The normalized spacial score (nSPS) is 19.8. The third-order valence-electron chi connectivity index (χ3n) is 4.79. The first-order valence-electron chi connectivity index (χ1n) is 9.57. The molecule has 0 aliphatic carbocycles. The van der Waals surface area contributed by atoms with Gasteiger partial charge in [-0.25, -0.2) is 9.97 Å². The van der Waals surface area contributed by atoms with Gasteiger partial charge in [0.1, 0.15) is 24.2 Å². The Labute approximate surface area is 238 Å². The summed E-state index contributed by atoms with van der Waals surface area (Å²) < 4.78 is 0. The van der Waals surface area contributed by atoms with Gasteiger partial charge >= 0.3 is 29.6 Å². The number of aliphatic carboxylic acids is 1. The Morgan fingerprint density at radius 3 is 2.80 bits per heavy atom. The molecule has 35 heavy (non-hydrogen) atoms. The number of hydrogen-bond donors (Lipinski definition) is 2. The minimum atomic E-state index is -1.45. The number of carboxylic acid groups (broad SMARTS) is 1. The van der Waals surface area contributed by atoms with Crippen LogP contribution in [0.4, 0.5) is 5.13 Å². The topological polar surface area (TPSA) is 163 Å². The summed E-state index contributed by atoms with van der Waals surface area (Å²) in [6.45, 7) is 1.88. The number of fused-ring (bicyclic) bond motifs is 1. The molecule has 1 saturated heterocycles. The SMILES string of the molecule is CO/N=C(\C(=O)N[C@@H]1C(=O)N2C(C(=O)[O-])=C(S/C=C\c3scnc3C)CS[C@H]12)c1csc(N)n1.[Na+]. The molecule has 0 saturated carbocycles. The van der Waals surface area contributed by atoms with Crippen LogP contribution in [-0.4, -0.2) is 62.6 Å². The quantitative estimate of drug-likeness (QED) is 0.154. The van der Waals surface area contributed by atoms with E-state index in [1.165, 1.54) is 42.0 Å². The molecular weight excluding hydrogens is 544 g/mol. The van der Waals surface area contributed by atoms with Crippen molar-refractivity contribution >= 4 is 80.9 Å². The van der Waals surface area contributed by atoms with Crippen molar-refractivity contribution in [2.75, 3.05) is 18.6 Å². The average Bonchev–Trinajstić information content (AvgIpc) is 3.42. The number of β-lactam (4-membered cyclic amide) rings is 1. The molecule has 0 unspecified atom stereocenters. The van der Waals surface area contributed by atoms with Gasteiger partial charge < -0.3 is 25.8 Å². The predicted octanol–water partition coefficient (Wildman–Crippen LogP) is -2.39. The number of aryl methyl sites for hydroxylation is 1. The molecule has 1 fully saturated rings. The van der Waals surface area contributed by atoms with Gasteiger partial charge in [0.05, 0.1) is 27.7 Å². The molecule has 2 aliphatic heterocycles. The van der Waals surface area contributed by atoms with Gasteiger partial charge in [0, 0.05) is 16.0 Å². The number of carbonyl (C=O) groups is 3. The molecule has 16 heteroatoms. The monoisotopic (exact) mass is 560 g/mol. The van der Waals surface area contributed by atoms with Gasteiger partial charge in [0.2, 0.25) is 0 Å². The minimum absolute atomic E-state index is 0. The number of aromatic nitrogens is 2. The van der Waals surface area contributed by atoms with Gasteiger partial charge in [-0.15, -0.1) is 34.4 Å². The summed E-state index contributed by atoms with van der Waals surface area (Å²) in [7, 11) is 1.27. The van der Waals surface area contributed by atoms with Crippen molar-refractivity contribution in [3.05, 3.63) is 43.2 Å². The second-order valence-corrected chi connectivity index (χ2v) is 10.7. The molecule has 2 aliphatic rings. The second-order valence-electron chi connectivity index (χ2n) is 6.84. The number of nitrogens with zero attached hydrogens (tertiary/aromatic N) is 4. The summed E-state index contributed by atoms with van der Waals surface area (Å²) in [5, 5.41) is 21.1. The van der Waals surface area contributed by atoms with E-state index < -0.39 is 29.2 Å². The number of carbonyl (C=O) groups excluding carboxylic acids is 3. The van der Waals surface area contributed by atoms with Crippen LogP contribution in [0.25, 0.3) is 6.08 Å². The van der Waals surface area contributed by atoms with E-state index in [9.17, 15) is 19.5 Å². The Morgan fingerprint density at radius 2 is 2.20 bits per heavy atom. The molecule has 11 nitrogen and oxygen atoms in total. The molecule has 3 N–H and O–H groups in total. The van der Waals surface area contributed by atoms with Crippen molar-refractivity contribution in [1.29, 1.82) is 0 Å². The van der Waals surface area contributed by atoms with Crippen LogP contribution in [0.2, 0.25) is 0 Å². The fourth-order valence-corrected chi connectivity index (χ4v) is 6.88. The van der Waals surface area contributed by atoms with E-state index in [-0.39, 0.29) is 51.8 Å². The number of nitrogen functional groups attached to an aromatic ring is 1. The number of anilines is 1. The molecule has 2 atom stereocenters. The summed E-state index contributed by atoms with van der Waals surface area (Å²) >= 11 is 5.15. The molecule has 2 aromatic rings. The Bertz CT molecular complexity index is 1240. The van der Waals surface area contributed by atoms with Gasteiger partial charge in [-0.2, -0.15) is 0 Å². The molecule has 2 aromatic heterocycles. The van der Waals surface area contributed by atoms with E-state index in [0.717, 1.165) is 26.8 Å². The average molecular weight is 561 g/mol. The zero-order chi connectivity index (χ0) is 24.4. The van der Waals surface area contributed by atoms with Gasteiger partial charge in [0.15, 0.2) is 10.8 Å². The second kappa shape index (κ2) is 11.9. The third-order valence-corrected chi connectivity index (χ3v) is 8.71. The molecular formula is C19H17N6NaO5S4. The first kappa shape index (κ1) is 27.7. The summed E-state index contributed by atoms with van der Waals surface area (Å²) in [6.07, 6.45) is 1.84. The van der Waals surface area contributed by atoms with Crippen LogP contribution in [0, 0.1) is 6.92 Å². The van der Waals surface area contributed by atoms with Gasteiger partial charge in [-0.1, -0.05) is 16.9 Å². The van der Waals surface area contributed by atoms with Crippen LogP contribution in [0.5, 0.6) is 0 Å². The minimum Gasteiger partial charge on any atom is -0.543 e. The standard InChI is InChI=1S/C19H18N6O5S4.Na/c1-8-10(34-7-21-8)3-4-31-11-6-32-17-13(16(27)25(17)14(11)18(28)29)23-15(26)12(24-30-2)9-5-33-19(20)22-9;/h3-5,7,13,17H,6H2,1-2H3,(H2,20,22)(H,23,26)(H,28,29);/q;+1/p-1/b4-3-,24-12-;/t13-,17-;/m1./s1. The van der Waals surface area contributed by atoms with Gasteiger partial charge in [-0.3, -0.25) is 14.5 Å². The van der Waals surface area contributed by atoms with E-state index >= 15 is 0 Å². The zero-order valence-corrected chi connectivity index (χ0v) is 24.0. The number of amides is 2. The Morgan fingerprint density at radius 1 is 1.43 bits per heavy atom. The van der Waals surface area contributed by atoms with Crippen LogP contribution in [0.15, 0.2) is 32.1 Å². The fourth-order valence-electron chi connectivity index (χ4n) is 3.22. The van der Waals surface area contributed by atoms with Crippen LogP contribution >= 0.6 is 46.2 Å². The molecule has 0 bridgehead atoms. The van der Waals surface area contributed by atoms with Crippen molar-refractivity contribution in [2.24, 2.45) is 5.16 Å². The number of nitrogens with one attached hydrogen (secondary N) is 1. The Kier molecular flexibility index (Phi) is 9.42. The number of rotatable bonds is 8. The Balaban J connectivity index is 0.00000342. The molecule has 4 heterocycles. The van der Waals surface area contributed by atoms with Crippen LogP contribution in [0.1, 0.15) is 16.3 Å². The smallest absolute Gasteiger partial charge is 0.543 e. The summed E-state index contributed by atoms with van der Waals surface area (Å²) in [4.78, 5) is 53.1. The van der Waals surface area contributed by atoms with Crippen molar-refractivity contribution < 1.29 is 53.9 Å². The molecule has 178 valence electrons. The van der Waals surface area contributed by atoms with E-state index in [1.54, 1.807) is 16.3 Å². The molecule has 0 radical (unpaired) electrons. The molecule has 0 aromatic carbocycles. The van der Waals surface area contributed by atoms with E-state index in [1.807, 2.05) is 13.0 Å². The first-order chi connectivity index (χ1) is 16.3. The van der Waals surface area contributed by atoms with Crippen molar-refractivity contribution in [1.82, 2.24) is 20.2 Å². The number of hydrogen-bond acceptors (Lipinski definition) is 13. The number of oxime groups is 1. The third kappa shape index (κ3) is 5.76. The van der Waals surface area contributed by atoms with E-state index in [2.05, 4.69) is 20.4 Å². The van der Waals surface area contributed by atoms with Gasteiger partial charge in [-0.05, 0) is 18.4 Å². The van der Waals surface area contributed by atoms with E-state index in [4.69, 9.17) is 10.6 Å². The molecule has 0 spiro atoms. The van der Waals surface area contributed by atoms with Crippen molar-refractivity contribution in [2.45, 2.75) is 18.3 Å². The number of carboxylic acids is 1. The first-order valence-corrected chi connectivity index (χ1v) is 13.3. The van der Waals surface area contributed by atoms with Crippen LogP contribution in [-0.2, 0) is 19.2 Å². The predicted molar refractivity (Wildman–Crippen MR) is 131 cm³/mol. The summed E-state index contributed by atoms with van der Waals surface area (Å²) in [5.41, 5.74) is 8.11. The summed E-state index contributed by atoms with van der Waals surface area (Å²) in [5.74, 6) is -2.36. The van der Waals surface area contributed by atoms with Crippen molar-refractivity contribution in [3.63, 3.8) is 0 Å². The van der Waals surface area contributed by atoms with Crippen LogP contribution in [0.3, 0.4) is 0 Å². The number of nitrogens with two attached hydrogens (primary N) is 1. The maximum atomic E-state index is 12.9. The number of thioether (sulfide) groups is 2. The number of thiazole rings is 2. The van der Waals surface area contributed by atoms with Crippen LogP contribution < -0.4 is 45.7 Å². The van der Waals surface area contributed by atoms with Crippen molar-refractivity contribution in [3.8, 4) is 0 Å². The summed E-state index contributed by atoms with van der Waals surface area (Å²) in [6, 6.07) is -0.938. The largest absolute Gasteiger partial charge is 1.00 e. The molecule has 4 rings (SSSR count). The van der Waals surface area contributed by atoms with E-state index in [0.29, 0.717) is 10.7 Å². The maximum absolute atomic E-state index is 12.9.